The van der Waals surface area contributed by atoms with E-state index in [9.17, 15) is 9.90 Å². The number of hydrogen-bond acceptors (Lipinski definition) is 4. The largest absolute Gasteiger partial charge is 0.393 e. The van der Waals surface area contributed by atoms with Crippen LogP contribution in [0.3, 0.4) is 0 Å². The third kappa shape index (κ3) is 3.76. The number of amides is 1. The van der Waals surface area contributed by atoms with Gasteiger partial charge < -0.3 is 14.9 Å². The molecule has 0 saturated carbocycles. The molecule has 0 radical (unpaired) electrons. The van der Waals surface area contributed by atoms with E-state index in [-0.39, 0.29) is 12.0 Å². The average molecular weight is 320 g/mol. The second-order valence-electron chi connectivity index (χ2n) is 6.02. The fourth-order valence-electron chi connectivity index (χ4n) is 3.07. The maximum absolute atomic E-state index is 12.6. The molecule has 2 aliphatic rings. The molecule has 3 rings (SSSR count). The molecular formula is C17H24N2O2S. The number of anilines is 1. The number of rotatable bonds is 2. The van der Waals surface area contributed by atoms with Crippen LogP contribution >= 0.6 is 11.8 Å². The maximum atomic E-state index is 12.6. The molecule has 1 N–H and O–H groups in total. The Morgan fingerprint density at radius 1 is 1.05 bits per heavy atom. The van der Waals surface area contributed by atoms with E-state index in [1.165, 1.54) is 0 Å². The van der Waals surface area contributed by atoms with Gasteiger partial charge in [-0.3, -0.25) is 4.79 Å². The van der Waals surface area contributed by atoms with Crippen LogP contribution in [0.25, 0.3) is 0 Å². The molecule has 1 aromatic carbocycles. The van der Waals surface area contributed by atoms with Crippen molar-refractivity contribution in [3.63, 3.8) is 0 Å². The van der Waals surface area contributed by atoms with E-state index in [1.54, 1.807) is 0 Å². The van der Waals surface area contributed by atoms with Crippen molar-refractivity contribution in [1.29, 1.82) is 0 Å². The van der Waals surface area contributed by atoms with E-state index in [0.717, 1.165) is 68.2 Å². The molecule has 1 aromatic rings. The molecule has 0 aliphatic carbocycles. The number of nitrogens with zero attached hydrogens (tertiary/aromatic N) is 2. The predicted octanol–water partition coefficient (Wildman–Crippen LogP) is 2.23. The van der Waals surface area contributed by atoms with Gasteiger partial charge in [0.1, 0.15) is 0 Å². The van der Waals surface area contributed by atoms with Crippen LogP contribution in [0, 0.1) is 0 Å². The summed E-state index contributed by atoms with van der Waals surface area (Å²) in [4.78, 5) is 16.8. The SMILES string of the molecule is O=C(c1ccc(N2CCC(O)CC2)cc1)N1CCCSCC1. The highest BCUT2D eigenvalue weighted by atomic mass is 32.2. The van der Waals surface area contributed by atoms with Gasteiger partial charge in [0.2, 0.25) is 0 Å². The fourth-order valence-corrected chi connectivity index (χ4v) is 3.96. The standard InChI is InChI=1S/C17H24N2O2S/c20-16-6-9-18(10-7-16)15-4-2-14(3-5-15)17(21)19-8-1-12-22-13-11-19/h2-5,16,20H,1,6-13H2. The molecule has 22 heavy (non-hydrogen) atoms. The zero-order chi connectivity index (χ0) is 15.4. The quantitative estimate of drug-likeness (QED) is 0.907. The molecule has 2 aliphatic heterocycles. The number of carbonyl (C=O) groups excluding carboxylic acids is 1. The van der Waals surface area contributed by atoms with Crippen molar-refractivity contribution in [2.24, 2.45) is 0 Å². The first-order chi connectivity index (χ1) is 10.7. The molecular weight excluding hydrogens is 296 g/mol. The number of thioether (sulfide) groups is 1. The summed E-state index contributed by atoms with van der Waals surface area (Å²) in [5, 5.41) is 9.58. The van der Waals surface area contributed by atoms with Crippen LogP contribution in [0.1, 0.15) is 29.6 Å². The summed E-state index contributed by atoms with van der Waals surface area (Å²) < 4.78 is 0. The molecule has 5 heteroatoms. The van der Waals surface area contributed by atoms with E-state index < -0.39 is 0 Å². The monoisotopic (exact) mass is 320 g/mol. The van der Waals surface area contributed by atoms with Crippen molar-refractivity contribution in [3.05, 3.63) is 29.8 Å². The van der Waals surface area contributed by atoms with Crippen LogP contribution in [0.4, 0.5) is 5.69 Å². The molecule has 1 amide bonds. The molecule has 0 atom stereocenters. The van der Waals surface area contributed by atoms with Crippen LogP contribution in [-0.2, 0) is 0 Å². The summed E-state index contributed by atoms with van der Waals surface area (Å²) in [5.41, 5.74) is 1.93. The smallest absolute Gasteiger partial charge is 0.253 e. The van der Waals surface area contributed by atoms with Gasteiger partial charge in [0.15, 0.2) is 0 Å². The third-order valence-electron chi connectivity index (χ3n) is 4.45. The lowest BCUT2D eigenvalue weighted by atomic mass is 10.1. The Bertz CT molecular complexity index is 490. The Balaban J connectivity index is 1.64. The van der Waals surface area contributed by atoms with E-state index in [4.69, 9.17) is 0 Å². The lowest BCUT2D eigenvalue weighted by Gasteiger charge is -2.31. The first-order valence-corrected chi connectivity index (χ1v) is 9.29. The van der Waals surface area contributed by atoms with Gasteiger partial charge in [-0.05, 0) is 49.3 Å². The molecule has 0 bridgehead atoms. The molecule has 4 nitrogen and oxygen atoms in total. The van der Waals surface area contributed by atoms with Crippen molar-refractivity contribution in [2.45, 2.75) is 25.4 Å². The van der Waals surface area contributed by atoms with Gasteiger partial charge in [-0.15, -0.1) is 0 Å². The van der Waals surface area contributed by atoms with Crippen molar-refractivity contribution < 1.29 is 9.90 Å². The van der Waals surface area contributed by atoms with Gasteiger partial charge in [-0.25, -0.2) is 0 Å². The molecule has 0 spiro atoms. The summed E-state index contributed by atoms with van der Waals surface area (Å²) in [6.07, 6.45) is 2.58. The first kappa shape index (κ1) is 15.7. The average Bonchev–Trinajstić information content (AvgIpc) is 2.84. The summed E-state index contributed by atoms with van der Waals surface area (Å²) >= 11 is 1.93. The van der Waals surface area contributed by atoms with Crippen molar-refractivity contribution in [1.82, 2.24) is 4.90 Å². The normalized spacial score (nSPS) is 20.8. The van der Waals surface area contributed by atoms with Gasteiger partial charge in [0.05, 0.1) is 6.10 Å². The molecule has 2 saturated heterocycles. The Morgan fingerprint density at radius 2 is 1.77 bits per heavy atom. The Hall–Kier alpha value is -1.20. The minimum Gasteiger partial charge on any atom is -0.393 e. The van der Waals surface area contributed by atoms with Gasteiger partial charge in [-0.1, -0.05) is 0 Å². The third-order valence-corrected chi connectivity index (χ3v) is 5.50. The van der Waals surface area contributed by atoms with Crippen LogP contribution in [0.15, 0.2) is 24.3 Å². The topological polar surface area (TPSA) is 43.8 Å². The Morgan fingerprint density at radius 3 is 2.50 bits per heavy atom. The van der Waals surface area contributed by atoms with Crippen molar-refractivity contribution in [3.8, 4) is 0 Å². The zero-order valence-electron chi connectivity index (χ0n) is 12.9. The highest BCUT2D eigenvalue weighted by Gasteiger charge is 2.19. The van der Waals surface area contributed by atoms with Crippen LogP contribution in [0.5, 0.6) is 0 Å². The Kier molecular flexibility index (Phi) is 5.26. The molecule has 0 aromatic heterocycles. The fraction of sp³-hybridized carbons (Fsp3) is 0.588. The second kappa shape index (κ2) is 7.38. The van der Waals surface area contributed by atoms with Gasteiger partial charge >= 0.3 is 0 Å². The highest BCUT2D eigenvalue weighted by Crippen LogP contribution is 2.21. The summed E-state index contributed by atoms with van der Waals surface area (Å²) in [7, 11) is 0. The van der Waals surface area contributed by atoms with E-state index in [2.05, 4.69) is 4.90 Å². The zero-order valence-corrected chi connectivity index (χ0v) is 13.7. The summed E-state index contributed by atoms with van der Waals surface area (Å²) in [5.74, 6) is 2.35. The summed E-state index contributed by atoms with van der Waals surface area (Å²) in [6.45, 7) is 3.50. The minimum absolute atomic E-state index is 0.155. The number of piperidine rings is 1. The predicted molar refractivity (Wildman–Crippen MR) is 91.7 cm³/mol. The van der Waals surface area contributed by atoms with E-state index in [1.807, 2.05) is 40.9 Å². The lowest BCUT2D eigenvalue weighted by Crippen LogP contribution is -2.36. The van der Waals surface area contributed by atoms with Crippen molar-refractivity contribution in [2.75, 3.05) is 42.6 Å². The number of carbonyl (C=O) groups is 1. The highest BCUT2D eigenvalue weighted by molar-refractivity contribution is 7.99. The number of aliphatic hydroxyl groups excluding tert-OH is 1. The number of aliphatic hydroxyl groups is 1. The number of benzene rings is 1. The Labute approximate surface area is 136 Å². The second-order valence-corrected chi connectivity index (χ2v) is 7.25. The van der Waals surface area contributed by atoms with Crippen LogP contribution in [-0.4, -0.2) is 59.7 Å². The van der Waals surface area contributed by atoms with Crippen LogP contribution < -0.4 is 4.90 Å². The molecule has 120 valence electrons. The molecule has 0 unspecified atom stereocenters. The molecule has 2 fully saturated rings. The lowest BCUT2D eigenvalue weighted by molar-refractivity contribution is 0.0768. The van der Waals surface area contributed by atoms with Gasteiger partial charge in [0.25, 0.3) is 5.91 Å². The van der Waals surface area contributed by atoms with Crippen LogP contribution in [0.2, 0.25) is 0 Å². The van der Waals surface area contributed by atoms with Crippen molar-refractivity contribution >= 4 is 23.4 Å². The van der Waals surface area contributed by atoms with Gasteiger partial charge in [0, 0.05) is 43.2 Å². The van der Waals surface area contributed by atoms with E-state index in [0.29, 0.717) is 0 Å². The minimum atomic E-state index is -0.155. The number of hydrogen-bond donors (Lipinski definition) is 1. The first-order valence-electron chi connectivity index (χ1n) is 8.14. The maximum Gasteiger partial charge on any atom is 0.253 e. The molecule has 2 heterocycles. The van der Waals surface area contributed by atoms with Gasteiger partial charge in [-0.2, -0.15) is 11.8 Å². The summed E-state index contributed by atoms with van der Waals surface area (Å²) in [6, 6.07) is 7.97. The van der Waals surface area contributed by atoms with E-state index >= 15 is 0 Å².